The predicted molar refractivity (Wildman–Crippen MR) is 71.5 cm³/mol. The maximum atomic E-state index is 12.1. The van der Waals surface area contributed by atoms with Crippen LogP contribution in [0, 0.1) is 0 Å². The molecule has 1 saturated heterocycles. The van der Waals surface area contributed by atoms with Crippen molar-refractivity contribution in [2.24, 2.45) is 0 Å². The van der Waals surface area contributed by atoms with E-state index in [0.717, 1.165) is 18.5 Å². The smallest absolute Gasteiger partial charge is 0.314 e. The highest BCUT2D eigenvalue weighted by molar-refractivity contribution is 5.79. The lowest BCUT2D eigenvalue weighted by Crippen LogP contribution is -2.38. The van der Waals surface area contributed by atoms with Gasteiger partial charge < -0.3 is 10.1 Å². The maximum absolute atomic E-state index is 12.1. The zero-order valence-corrected chi connectivity index (χ0v) is 10.9. The van der Waals surface area contributed by atoms with Crippen molar-refractivity contribution < 1.29 is 9.53 Å². The number of esters is 1. The van der Waals surface area contributed by atoms with Crippen molar-refractivity contribution in [2.75, 3.05) is 13.7 Å². The van der Waals surface area contributed by atoms with Crippen molar-refractivity contribution in [3.05, 3.63) is 35.9 Å². The van der Waals surface area contributed by atoms with Gasteiger partial charge in [0.2, 0.25) is 0 Å². The molecular formula is C15H21NO2. The lowest BCUT2D eigenvalue weighted by atomic mass is 9.89. The second kappa shape index (κ2) is 6.55. The summed E-state index contributed by atoms with van der Waals surface area (Å²) in [6.07, 6.45) is 4.65. The van der Waals surface area contributed by atoms with E-state index in [0.29, 0.717) is 0 Å². The van der Waals surface area contributed by atoms with Crippen LogP contribution >= 0.6 is 0 Å². The Kier molecular flexibility index (Phi) is 4.76. The van der Waals surface area contributed by atoms with Gasteiger partial charge in [0, 0.05) is 6.04 Å². The molecular weight excluding hydrogens is 226 g/mol. The number of methoxy groups -OCH3 is 1. The molecule has 0 saturated carbocycles. The summed E-state index contributed by atoms with van der Waals surface area (Å²) >= 11 is 0. The fourth-order valence-corrected chi connectivity index (χ4v) is 2.66. The first-order valence-electron chi connectivity index (χ1n) is 6.69. The van der Waals surface area contributed by atoms with Gasteiger partial charge in [-0.1, -0.05) is 43.2 Å². The molecule has 1 aromatic rings. The number of ether oxygens (including phenoxy) is 1. The van der Waals surface area contributed by atoms with Crippen LogP contribution in [-0.4, -0.2) is 25.7 Å². The van der Waals surface area contributed by atoms with Crippen molar-refractivity contribution in [1.82, 2.24) is 5.32 Å². The molecule has 0 radical (unpaired) electrons. The van der Waals surface area contributed by atoms with Gasteiger partial charge in [-0.05, 0) is 24.9 Å². The van der Waals surface area contributed by atoms with Crippen LogP contribution in [0.25, 0.3) is 0 Å². The van der Waals surface area contributed by atoms with Crippen LogP contribution in [0.3, 0.4) is 0 Å². The zero-order chi connectivity index (χ0) is 12.8. The van der Waals surface area contributed by atoms with E-state index in [-0.39, 0.29) is 17.9 Å². The first kappa shape index (κ1) is 13.1. The predicted octanol–water partition coefficient (Wildman–Crippen LogP) is 2.48. The highest BCUT2D eigenvalue weighted by atomic mass is 16.5. The number of rotatable bonds is 3. The van der Waals surface area contributed by atoms with Gasteiger partial charge in [0.25, 0.3) is 0 Å². The zero-order valence-electron chi connectivity index (χ0n) is 10.9. The Morgan fingerprint density at radius 1 is 1.28 bits per heavy atom. The Hall–Kier alpha value is -1.35. The quantitative estimate of drug-likeness (QED) is 0.834. The third-order valence-corrected chi connectivity index (χ3v) is 3.61. The maximum Gasteiger partial charge on any atom is 0.314 e. The number of carbonyl (C=O) groups excluding carboxylic acids is 1. The summed E-state index contributed by atoms with van der Waals surface area (Å²) in [5.74, 6) is -0.324. The van der Waals surface area contributed by atoms with Crippen molar-refractivity contribution in [3.63, 3.8) is 0 Å². The van der Waals surface area contributed by atoms with E-state index in [1.807, 2.05) is 30.3 Å². The molecule has 3 heteroatoms. The van der Waals surface area contributed by atoms with Gasteiger partial charge in [-0.3, -0.25) is 4.79 Å². The van der Waals surface area contributed by atoms with Gasteiger partial charge in [0.05, 0.1) is 13.0 Å². The fraction of sp³-hybridized carbons (Fsp3) is 0.533. The van der Waals surface area contributed by atoms with E-state index in [4.69, 9.17) is 4.74 Å². The van der Waals surface area contributed by atoms with E-state index < -0.39 is 0 Å². The highest BCUT2D eigenvalue weighted by Crippen LogP contribution is 2.26. The van der Waals surface area contributed by atoms with E-state index >= 15 is 0 Å². The molecule has 1 aliphatic rings. The number of hydrogen-bond donors (Lipinski definition) is 1. The molecule has 1 heterocycles. The van der Waals surface area contributed by atoms with Gasteiger partial charge in [-0.2, -0.15) is 0 Å². The van der Waals surface area contributed by atoms with Gasteiger partial charge in [-0.15, -0.1) is 0 Å². The first-order valence-corrected chi connectivity index (χ1v) is 6.69. The summed E-state index contributed by atoms with van der Waals surface area (Å²) in [6.45, 7) is 0.991. The highest BCUT2D eigenvalue weighted by Gasteiger charge is 2.30. The minimum absolute atomic E-state index is 0.138. The van der Waals surface area contributed by atoms with E-state index in [1.54, 1.807) is 0 Å². The van der Waals surface area contributed by atoms with Crippen molar-refractivity contribution in [1.29, 1.82) is 0 Å². The summed E-state index contributed by atoms with van der Waals surface area (Å²) in [7, 11) is 1.47. The van der Waals surface area contributed by atoms with E-state index in [1.165, 1.54) is 26.4 Å². The summed E-state index contributed by atoms with van der Waals surface area (Å²) in [5.41, 5.74) is 1.05. The second-order valence-electron chi connectivity index (χ2n) is 4.82. The topological polar surface area (TPSA) is 38.3 Å². The lowest BCUT2D eigenvalue weighted by molar-refractivity contribution is -0.143. The van der Waals surface area contributed by atoms with Crippen LogP contribution in [-0.2, 0) is 9.53 Å². The van der Waals surface area contributed by atoms with Crippen LogP contribution in [0.4, 0.5) is 0 Å². The Morgan fingerprint density at radius 2 is 2.06 bits per heavy atom. The minimum Gasteiger partial charge on any atom is -0.469 e. The summed E-state index contributed by atoms with van der Waals surface area (Å²) < 4.78 is 4.98. The van der Waals surface area contributed by atoms with Crippen LogP contribution in [0.5, 0.6) is 0 Å². The third-order valence-electron chi connectivity index (χ3n) is 3.61. The molecule has 2 rings (SSSR count). The first-order chi connectivity index (χ1) is 8.83. The van der Waals surface area contributed by atoms with Gasteiger partial charge >= 0.3 is 5.97 Å². The minimum atomic E-state index is -0.186. The second-order valence-corrected chi connectivity index (χ2v) is 4.82. The molecule has 0 bridgehead atoms. The summed E-state index contributed by atoms with van der Waals surface area (Å²) in [5, 5.41) is 3.49. The fourth-order valence-electron chi connectivity index (χ4n) is 2.66. The number of benzene rings is 1. The molecule has 18 heavy (non-hydrogen) atoms. The van der Waals surface area contributed by atoms with Gasteiger partial charge in [-0.25, -0.2) is 0 Å². The van der Waals surface area contributed by atoms with Crippen LogP contribution in [0.15, 0.2) is 30.3 Å². The lowest BCUT2D eigenvalue weighted by Gasteiger charge is -2.25. The SMILES string of the molecule is COC(=O)[C@@H](c1ccccc1)[C@H]1CCCCCN1. The molecule has 0 amide bonds. The molecule has 2 atom stereocenters. The molecule has 0 spiro atoms. The average molecular weight is 247 g/mol. The van der Waals surface area contributed by atoms with Crippen LogP contribution in [0.1, 0.15) is 37.2 Å². The van der Waals surface area contributed by atoms with E-state index in [2.05, 4.69) is 5.32 Å². The molecule has 1 aromatic carbocycles. The Labute approximate surface area is 109 Å². The molecule has 98 valence electrons. The summed E-state index contributed by atoms with van der Waals surface area (Å²) in [6, 6.07) is 10.1. The van der Waals surface area contributed by atoms with Crippen molar-refractivity contribution >= 4 is 5.97 Å². The molecule has 0 unspecified atom stereocenters. The third kappa shape index (κ3) is 3.10. The molecule has 0 aromatic heterocycles. The normalized spacial score (nSPS) is 21.9. The van der Waals surface area contributed by atoms with Crippen LogP contribution < -0.4 is 5.32 Å². The monoisotopic (exact) mass is 247 g/mol. The molecule has 1 aliphatic heterocycles. The largest absolute Gasteiger partial charge is 0.469 e. The van der Waals surface area contributed by atoms with Crippen molar-refractivity contribution in [2.45, 2.75) is 37.6 Å². The van der Waals surface area contributed by atoms with Crippen LogP contribution in [0.2, 0.25) is 0 Å². The molecule has 3 nitrogen and oxygen atoms in total. The molecule has 0 aliphatic carbocycles. The molecule has 1 fully saturated rings. The van der Waals surface area contributed by atoms with Crippen molar-refractivity contribution in [3.8, 4) is 0 Å². The Balaban J connectivity index is 2.21. The number of nitrogens with one attached hydrogen (secondary N) is 1. The number of hydrogen-bond acceptors (Lipinski definition) is 3. The Morgan fingerprint density at radius 3 is 2.78 bits per heavy atom. The summed E-state index contributed by atoms with van der Waals surface area (Å²) in [4.78, 5) is 12.1. The number of carbonyl (C=O) groups is 1. The standard InChI is InChI=1S/C15H21NO2/c1-18-15(17)14(12-8-4-2-5-9-12)13-10-6-3-7-11-16-13/h2,4-5,8-9,13-14,16H,3,6-7,10-11H2,1H3/t13-,14+/m1/s1. The van der Waals surface area contributed by atoms with Gasteiger partial charge in [0.1, 0.15) is 0 Å². The molecule has 1 N–H and O–H groups in total. The Bertz CT molecular complexity index is 369. The van der Waals surface area contributed by atoms with Gasteiger partial charge in [0.15, 0.2) is 0 Å². The average Bonchev–Trinajstić information content (AvgIpc) is 2.69. The van der Waals surface area contributed by atoms with E-state index in [9.17, 15) is 4.79 Å².